The van der Waals surface area contributed by atoms with Gasteiger partial charge in [0.2, 0.25) is 6.20 Å². The molecule has 0 amide bonds. The largest absolute Gasteiger partial charge is 0.539 e. The van der Waals surface area contributed by atoms with Crippen LogP contribution in [0.1, 0.15) is 5.56 Å². The van der Waals surface area contributed by atoms with Crippen molar-refractivity contribution < 1.29 is 23.8 Å². The molecule has 0 saturated carbocycles. The van der Waals surface area contributed by atoms with E-state index in [1.165, 1.54) is 10.9 Å². The Morgan fingerprint density at radius 1 is 1.33 bits per heavy atom. The van der Waals surface area contributed by atoms with Gasteiger partial charge in [0, 0.05) is 18.1 Å². The first-order valence-electron chi connectivity index (χ1n) is 5.47. The molecule has 0 fully saturated rings. The molecule has 1 aromatic carbocycles. The van der Waals surface area contributed by atoms with Gasteiger partial charge in [-0.05, 0) is 6.07 Å². The lowest BCUT2D eigenvalue weighted by Crippen LogP contribution is -2.35. The fourth-order valence-corrected chi connectivity index (χ4v) is 1.66. The normalized spacial score (nSPS) is 10.3. The van der Waals surface area contributed by atoms with Gasteiger partial charge in [-0.3, -0.25) is 0 Å². The highest BCUT2D eigenvalue weighted by Crippen LogP contribution is 2.24. The zero-order valence-corrected chi connectivity index (χ0v) is 10.3. The van der Waals surface area contributed by atoms with Crippen LogP contribution >= 0.6 is 0 Å². The molecule has 1 aromatic heterocycles. The number of aryl methyl sites for hydroxylation is 2. The van der Waals surface area contributed by atoms with Gasteiger partial charge in [-0.1, -0.05) is 10.7 Å². The van der Waals surface area contributed by atoms with E-state index in [4.69, 9.17) is 9.47 Å². The second-order valence-corrected chi connectivity index (χ2v) is 3.71. The fraction of sp³-hybridized carbons (Fsp3) is 0.333. The smallest absolute Gasteiger partial charge is 0.221 e. The Labute approximate surface area is 104 Å². The van der Waals surface area contributed by atoms with E-state index in [2.05, 4.69) is 9.79 Å². The van der Waals surface area contributed by atoms with E-state index in [9.17, 15) is 5.11 Å². The molecule has 2 rings (SSSR count). The summed E-state index contributed by atoms with van der Waals surface area (Å²) in [4.78, 5) is 0. The summed E-state index contributed by atoms with van der Waals surface area (Å²) in [5, 5.41) is 14.4. The van der Waals surface area contributed by atoms with E-state index in [0.717, 1.165) is 17.1 Å². The van der Waals surface area contributed by atoms with Crippen molar-refractivity contribution in [2.75, 3.05) is 14.2 Å². The zero-order chi connectivity index (χ0) is 13.0. The molecule has 6 heteroatoms. The second-order valence-electron chi connectivity index (χ2n) is 3.71. The monoisotopic (exact) mass is 250 g/mol. The molecule has 2 aromatic rings. The van der Waals surface area contributed by atoms with Crippen molar-refractivity contribution in [2.45, 2.75) is 13.0 Å². The molecule has 0 bridgehead atoms. The first kappa shape index (κ1) is 12.2. The number of methoxy groups -OCH3 is 2. The van der Waals surface area contributed by atoms with E-state index in [1.807, 2.05) is 18.2 Å². The molecule has 1 heterocycles. The summed E-state index contributed by atoms with van der Waals surface area (Å²) >= 11 is 0. The first-order valence-corrected chi connectivity index (χ1v) is 5.47. The van der Waals surface area contributed by atoms with Crippen LogP contribution in [0.3, 0.4) is 0 Å². The van der Waals surface area contributed by atoms with Crippen molar-refractivity contribution in [3.63, 3.8) is 0 Å². The highest BCUT2D eigenvalue weighted by molar-refractivity contribution is 5.40. The maximum Gasteiger partial charge on any atom is 0.221 e. The van der Waals surface area contributed by atoms with Crippen molar-refractivity contribution in [3.05, 3.63) is 30.0 Å². The van der Waals surface area contributed by atoms with Crippen LogP contribution in [0.5, 0.6) is 17.4 Å². The molecule has 0 aliphatic heterocycles. The molecule has 0 radical (unpaired) electrons. The van der Waals surface area contributed by atoms with Gasteiger partial charge in [-0.2, -0.15) is 0 Å². The molecule has 0 saturated heterocycles. The summed E-state index contributed by atoms with van der Waals surface area (Å²) in [6, 6.07) is 5.61. The minimum absolute atomic E-state index is 0.448. The zero-order valence-electron chi connectivity index (χ0n) is 10.3. The van der Waals surface area contributed by atoms with Gasteiger partial charge < -0.3 is 19.1 Å². The number of nitrogens with zero attached hydrogens (tertiary/aromatic N) is 2. The molecule has 0 aliphatic rings. The first-order chi connectivity index (χ1) is 8.72. The van der Waals surface area contributed by atoms with Gasteiger partial charge in [0.25, 0.3) is 0 Å². The van der Waals surface area contributed by atoms with Crippen LogP contribution in [0.15, 0.2) is 28.9 Å². The third-order valence-electron chi connectivity index (χ3n) is 2.59. The SMILES string of the molecule is COc1ccc(CC[n+]2cc([O-])on2)c(OC)c1. The predicted octanol–water partition coefficient (Wildman–Crippen LogP) is 0.296. The van der Waals surface area contributed by atoms with Gasteiger partial charge in [-0.25, -0.2) is 0 Å². The molecule has 0 atom stereocenters. The minimum Gasteiger partial charge on any atom is -0.539 e. The number of ether oxygens (including phenoxy) is 2. The lowest BCUT2D eigenvalue weighted by molar-refractivity contribution is -0.762. The summed E-state index contributed by atoms with van der Waals surface area (Å²) in [5.74, 6) is 1.05. The van der Waals surface area contributed by atoms with E-state index < -0.39 is 5.95 Å². The van der Waals surface area contributed by atoms with Crippen LogP contribution in [0.4, 0.5) is 0 Å². The van der Waals surface area contributed by atoms with E-state index in [1.54, 1.807) is 14.2 Å². The standard InChI is InChI=1S/C12H14N2O4/c1-16-10-4-3-9(11(7-10)17-2)5-6-14-8-12(15)18-13-14/h3-4,7-8H,5-6H2,1-2H3. The Bertz CT molecular complexity index is 525. The van der Waals surface area contributed by atoms with E-state index >= 15 is 0 Å². The second kappa shape index (κ2) is 5.39. The summed E-state index contributed by atoms with van der Waals surface area (Å²) in [6.07, 6.45) is 2.00. The van der Waals surface area contributed by atoms with E-state index in [-0.39, 0.29) is 0 Å². The van der Waals surface area contributed by atoms with Crippen molar-refractivity contribution in [3.8, 4) is 17.4 Å². The third kappa shape index (κ3) is 2.71. The number of hydrogen-bond acceptors (Lipinski definition) is 5. The number of rotatable bonds is 5. The summed E-state index contributed by atoms with van der Waals surface area (Å²) < 4.78 is 16.3. The summed E-state index contributed by atoms with van der Waals surface area (Å²) in [5.41, 5.74) is 1.02. The molecule has 18 heavy (non-hydrogen) atoms. The lowest BCUT2D eigenvalue weighted by atomic mass is 10.1. The molecule has 96 valence electrons. The van der Waals surface area contributed by atoms with Crippen molar-refractivity contribution in [2.24, 2.45) is 0 Å². The number of benzene rings is 1. The topological polar surface area (TPSA) is 71.4 Å². The lowest BCUT2D eigenvalue weighted by Gasteiger charge is -2.08. The predicted molar refractivity (Wildman–Crippen MR) is 59.4 cm³/mol. The molecule has 0 N–H and O–H groups in total. The average Bonchev–Trinajstić information content (AvgIpc) is 2.82. The van der Waals surface area contributed by atoms with Crippen LogP contribution in [0.25, 0.3) is 0 Å². The van der Waals surface area contributed by atoms with Gasteiger partial charge in [0.1, 0.15) is 17.4 Å². The third-order valence-corrected chi connectivity index (χ3v) is 2.59. The fourth-order valence-electron chi connectivity index (χ4n) is 1.66. The van der Waals surface area contributed by atoms with Crippen molar-refractivity contribution in [1.82, 2.24) is 5.27 Å². The Morgan fingerprint density at radius 2 is 2.17 bits per heavy atom. The molecule has 0 spiro atoms. The van der Waals surface area contributed by atoms with Gasteiger partial charge in [0.15, 0.2) is 6.54 Å². The van der Waals surface area contributed by atoms with Crippen LogP contribution in [0, 0.1) is 0 Å². The number of hydrogen-bond donors (Lipinski definition) is 0. The van der Waals surface area contributed by atoms with Gasteiger partial charge in [0.05, 0.1) is 19.5 Å². The maximum atomic E-state index is 10.8. The Hall–Kier alpha value is -2.24. The van der Waals surface area contributed by atoms with Crippen LogP contribution in [-0.4, -0.2) is 19.5 Å². The van der Waals surface area contributed by atoms with Crippen LogP contribution in [0.2, 0.25) is 0 Å². The van der Waals surface area contributed by atoms with Crippen molar-refractivity contribution in [1.29, 1.82) is 0 Å². The van der Waals surface area contributed by atoms with Gasteiger partial charge in [-0.15, -0.1) is 0 Å². The minimum atomic E-state index is -0.448. The Morgan fingerprint density at radius 3 is 2.78 bits per heavy atom. The molecular formula is C12H14N2O4. The quantitative estimate of drug-likeness (QED) is 0.713. The summed E-state index contributed by atoms with van der Waals surface area (Å²) in [6.45, 7) is 0.550. The van der Waals surface area contributed by atoms with Crippen LogP contribution < -0.4 is 19.3 Å². The molecule has 0 unspecified atom stereocenters. The Kier molecular flexibility index (Phi) is 3.66. The molecular weight excluding hydrogens is 236 g/mol. The summed E-state index contributed by atoms with van der Waals surface area (Å²) in [7, 11) is 3.22. The molecule has 6 nitrogen and oxygen atoms in total. The van der Waals surface area contributed by atoms with Crippen LogP contribution in [-0.2, 0) is 13.0 Å². The van der Waals surface area contributed by atoms with E-state index in [0.29, 0.717) is 13.0 Å². The number of aromatic nitrogens is 2. The average molecular weight is 250 g/mol. The highest BCUT2D eigenvalue weighted by Gasteiger charge is 2.09. The Balaban J connectivity index is 2.08. The molecule has 0 aliphatic carbocycles. The maximum absolute atomic E-state index is 10.8. The van der Waals surface area contributed by atoms with Crippen molar-refractivity contribution >= 4 is 0 Å². The highest BCUT2D eigenvalue weighted by atomic mass is 16.6. The van der Waals surface area contributed by atoms with Gasteiger partial charge >= 0.3 is 0 Å².